The fraction of sp³-hybridized carbons (Fsp3) is 0.217. The molecule has 1 heterocycles. The first-order chi connectivity index (χ1) is 12.6. The topological polar surface area (TPSA) is 43.7 Å². The molecule has 2 N–H and O–H groups in total. The van der Waals surface area contributed by atoms with E-state index in [1.807, 2.05) is 24.3 Å². The third-order valence-electron chi connectivity index (χ3n) is 5.27. The maximum atomic E-state index is 10.7. The van der Waals surface area contributed by atoms with Crippen LogP contribution in [-0.4, -0.2) is 35.3 Å². The first kappa shape index (κ1) is 16.7. The molecule has 0 bridgehead atoms. The molecule has 3 aromatic carbocycles. The highest BCUT2D eigenvalue weighted by Crippen LogP contribution is 2.39. The van der Waals surface area contributed by atoms with Crippen molar-refractivity contribution in [3.63, 3.8) is 0 Å². The van der Waals surface area contributed by atoms with Crippen LogP contribution in [0.3, 0.4) is 0 Å². The molecule has 1 aliphatic heterocycles. The Hall–Kier alpha value is -2.78. The second-order valence-electron chi connectivity index (χ2n) is 7.09. The van der Waals surface area contributed by atoms with Crippen LogP contribution in [0.1, 0.15) is 22.6 Å². The van der Waals surface area contributed by atoms with Crippen molar-refractivity contribution >= 4 is 0 Å². The molecule has 0 aromatic heterocycles. The highest BCUT2D eigenvalue weighted by atomic mass is 16.3. The highest BCUT2D eigenvalue weighted by Gasteiger charge is 2.24. The van der Waals surface area contributed by atoms with E-state index in [1.54, 1.807) is 12.1 Å². The van der Waals surface area contributed by atoms with Gasteiger partial charge in [0.15, 0.2) is 0 Å². The van der Waals surface area contributed by atoms with Gasteiger partial charge in [-0.2, -0.15) is 0 Å². The Balaban J connectivity index is 1.83. The minimum Gasteiger partial charge on any atom is -0.508 e. The van der Waals surface area contributed by atoms with Crippen LogP contribution in [0.25, 0.3) is 11.1 Å². The number of fused-ring (bicyclic) bond motifs is 1. The van der Waals surface area contributed by atoms with Gasteiger partial charge in [-0.25, -0.2) is 0 Å². The van der Waals surface area contributed by atoms with Gasteiger partial charge in [0.2, 0.25) is 0 Å². The molecule has 3 nitrogen and oxygen atoms in total. The predicted molar refractivity (Wildman–Crippen MR) is 105 cm³/mol. The minimum absolute atomic E-state index is 0.230. The van der Waals surface area contributed by atoms with Gasteiger partial charge in [-0.3, -0.25) is 0 Å². The lowest BCUT2D eigenvalue weighted by Gasteiger charge is -2.22. The lowest BCUT2D eigenvalue weighted by molar-refractivity contribution is 0.338. The van der Waals surface area contributed by atoms with E-state index in [4.69, 9.17) is 0 Å². The number of benzene rings is 3. The fourth-order valence-corrected chi connectivity index (χ4v) is 3.85. The second kappa shape index (κ2) is 6.85. The van der Waals surface area contributed by atoms with Crippen LogP contribution < -0.4 is 0 Å². The van der Waals surface area contributed by atoms with E-state index >= 15 is 0 Å². The number of aromatic hydroxyl groups is 2. The van der Waals surface area contributed by atoms with Crippen molar-refractivity contribution in [2.24, 2.45) is 0 Å². The summed E-state index contributed by atoms with van der Waals surface area (Å²) in [6, 6.07) is 21.6. The normalized spacial score (nSPS) is 17.5. The standard InChI is InChI=1S/C23H23NO2/c1-24-12-11-18-13-21(17-7-9-19(25)10-8-17)23(26)14-20(18)22(15-24)16-5-3-2-4-6-16/h2-10,13-14,22,25-26H,11-12,15H2,1H3. The Morgan fingerprint density at radius 3 is 2.38 bits per heavy atom. The van der Waals surface area contributed by atoms with Crippen LogP contribution in [0.4, 0.5) is 0 Å². The number of hydrogen-bond acceptors (Lipinski definition) is 3. The molecule has 132 valence electrons. The van der Waals surface area contributed by atoms with Gasteiger partial charge in [0, 0.05) is 24.6 Å². The molecule has 26 heavy (non-hydrogen) atoms. The lowest BCUT2D eigenvalue weighted by Crippen LogP contribution is -2.24. The molecular weight excluding hydrogens is 322 g/mol. The first-order valence-electron chi connectivity index (χ1n) is 9.00. The predicted octanol–water partition coefficient (Wildman–Crippen LogP) is 4.38. The van der Waals surface area contributed by atoms with Crippen molar-refractivity contribution in [2.45, 2.75) is 12.3 Å². The molecular formula is C23H23NO2. The average molecular weight is 345 g/mol. The molecule has 0 amide bonds. The summed E-state index contributed by atoms with van der Waals surface area (Å²) in [5.41, 5.74) is 5.50. The zero-order chi connectivity index (χ0) is 18.1. The molecule has 1 aliphatic rings. The van der Waals surface area contributed by atoms with E-state index in [-0.39, 0.29) is 11.7 Å². The molecule has 0 saturated heterocycles. The fourth-order valence-electron chi connectivity index (χ4n) is 3.85. The quantitative estimate of drug-likeness (QED) is 0.724. The molecule has 3 aromatic rings. The summed E-state index contributed by atoms with van der Waals surface area (Å²) in [5.74, 6) is 0.771. The summed E-state index contributed by atoms with van der Waals surface area (Å²) in [6.45, 7) is 1.94. The molecule has 3 heteroatoms. The van der Waals surface area contributed by atoms with E-state index < -0.39 is 0 Å². The van der Waals surface area contributed by atoms with Gasteiger partial charge >= 0.3 is 0 Å². The van der Waals surface area contributed by atoms with E-state index in [2.05, 4.69) is 42.3 Å². The van der Waals surface area contributed by atoms with Crippen LogP contribution in [-0.2, 0) is 6.42 Å². The van der Waals surface area contributed by atoms with E-state index in [0.29, 0.717) is 5.75 Å². The third kappa shape index (κ3) is 3.18. The maximum Gasteiger partial charge on any atom is 0.123 e. The number of hydrogen-bond donors (Lipinski definition) is 2. The molecule has 0 spiro atoms. The van der Waals surface area contributed by atoms with Gasteiger partial charge in [0.25, 0.3) is 0 Å². The van der Waals surface area contributed by atoms with Crippen LogP contribution in [0.5, 0.6) is 11.5 Å². The Labute approximate surface area is 154 Å². The first-order valence-corrected chi connectivity index (χ1v) is 9.00. The van der Waals surface area contributed by atoms with Crippen molar-refractivity contribution in [1.29, 1.82) is 0 Å². The van der Waals surface area contributed by atoms with Gasteiger partial charge in [0.1, 0.15) is 11.5 Å². The van der Waals surface area contributed by atoms with Crippen LogP contribution >= 0.6 is 0 Å². The number of nitrogens with zero attached hydrogens (tertiary/aromatic N) is 1. The summed E-state index contributed by atoms with van der Waals surface area (Å²) >= 11 is 0. The average Bonchev–Trinajstić information content (AvgIpc) is 2.82. The molecule has 0 fully saturated rings. The molecule has 1 unspecified atom stereocenters. The van der Waals surface area contributed by atoms with Crippen molar-refractivity contribution in [3.8, 4) is 22.6 Å². The van der Waals surface area contributed by atoms with E-state index in [0.717, 1.165) is 30.6 Å². The minimum atomic E-state index is 0.230. The van der Waals surface area contributed by atoms with Gasteiger partial charge in [-0.05, 0) is 60.0 Å². The van der Waals surface area contributed by atoms with E-state index in [9.17, 15) is 10.2 Å². The van der Waals surface area contributed by atoms with Gasteiger partial charge < -0.3 is 15.1 Å². The second-order valence-corrected chi connectivity index (χ2v) is 7.09. The molecule has 4 rings (SSSR count). The molecule has 1 atom stereocenters. The zero-order valence-corrected chi connectivity index (χ0v) is 14.9. The number of phenols is 2. The van der Waals surface area contributed by atoms with Gasteiger partial charge in [0.05, 0.1) is 0 Å². The zero-order valence-electron chi connectivity index (χ0n) is 14.9. The lowest BCUT2D eigenvalue weighted by atomic mass is 9.86. The summed E-state index contributed by atoms with van der Waals surface area (Å²) in [7, 11) is 2.16. The maximum absolute atomic E-state index is 10.7. The van der Waals surface area contributed by atoms with Crippen LogP contribution in [0, 0.1) is 0 Å². The number of phenolic OH excluding ortho intramolecular Hbond substituents is 2. The van der Waals surface area contributed by atoms with E-state index in [1.165, 1.54) is 16.7 Å². The Bertz CT molecular complexity index is 903. The molecule has 0 saturated carbocycles. The Kier molecular flexibility index (Phi) is 4.39. The molecule has 0 radical (unpaired) electrons. The Morgan fingerprint density at radius 2 is 1.65 bits per heavy atom. The van der Waals surface area contributed by atoms with Gasteiger partial charge in [-0.1, -0.05) is 42.5 Å². The number of rotatable bonds is 2. The number of likely N-dealkylation sites (N-methyl/N-ethyl adjacent to an activating group) is 1. The smallest absolute Gasteiger partial charge is 0.123 e. The third-order valence-corrected chi connectivity index (χ3v) is 5.27. The van der Waals surface area contributed by atoms with Crippen molar-refractivity contribution in [1.82, 2.24) is 4.90 Å². The summed E-state index contributed by atoms with van der Waals surface area (Å²) in [5, 5.41) is 20.3. The monoisotopic (exact) mass is 345 g/mol. The SMILES string of the molecule is CN1CCc2cc(-c3ccc(O)cc3)c(O)cc2C(c2ccccc2)C1. The summed E-state index contributed by atoms with van der Waals surface area (Å²) < 4.78 is 0. The van der Waals surface area contributed by atoms with Crippen molar-refractivity contribution < 1.29 is 10.2 Å². The summed E-state index contributed by atoms with van der Waals surface area (Å²) in [6.07, 6.45) is 0.959. The largest absolute Gasteiger partial charge is 0.508 e. The van der Waals surface area contributed by atoms with Crippen LogP contribution in [0.2, 0.25) is 0 Å². The highest BCUT2D eigenvalue weighted by molar-refractivity contribution is 5.72. The summed E-state index contributed by atoms with van der Waals surface area (Å²) in [4.78, 5) is 2.36. The molecule has 0 aliphatic carbocycles. The van der Waals surface area contributed by atoms with Gasteiger partial charge in [-0.15, -0.1) is 0 Å². The van der Waals surface area contributed by atoms with Crippen LogP contribution in [0.15, 0.2) is 66.7 Å². The van der Waals surface area contributed by atoms with Crippen molar-refractivity contribution in [2.75, 3.05) is 20.1 Å². The van der Waals surface area contributed by atoms with Crippen molar-refractivity contribution in [3.05, 3.63) is 83.4 Å². The Morgan fingerprint density at radius 1 is 0.923 bits per heavy atom.